The Morgan fingerprint density at radius 2 is 1.73 bits per heavy atom. The van der Waals surface area contributed by atoms with Crippen LogP contribution in [0.1, 0.15) is 31.2 Å². The lowest BCUT2D eigenvalue weighted by atomic mass is 9.79. The summed E-state index contributed by atoms with van der Waals surface area (Å²) in [7, 11) is 0. The van der Waals surface area contributed by atoms with E-state index in [1.54, 1.807) is 0 Å². The number of halogens is 1. The van der Waals surface area contributed by atoms with Gasteiger partial charge in [0, 0.05) is 3.57 Å². The highest BCUT2D eigenvalue weighted by molar-refractivity contribution is 14.1. The van der Waals surface area contributed by atoms with Crippen molar-refractivity contribution < 1.29 is 9.90 Å². The Kier molecular flexibility index (Phi) is 3.00. The van der Waals surface area contributed by atoms with Crippen LogP contribution in [0.4, 0.5) is 0 Å². The molecular formula is C12H13IO2. The van der Waals surface area contributed by atoms with E-state index in [4.69, 9.17) is 0 Å². The van der Waals surface area contributed by atoms with Crippen molar-refractivity contribution in [3.63, 3.8) is 0 Å². The number of carbonyl (C=O) groups is 1. The van der Waals surface area contributed by atoms with Gasteiger partial charge in [0.05, 0.1) is 5.41 Å². The lowest BCUT2D eigenvalue weighted by Gasteiger charge is -2.24. The number of hydrogen-bond donors (Lipinski definition) is 1. The first kappa shape index (κ1) is 10.9. The van der Waals surface area contributed by atoms with Gasteiger partial charge in [-0.1, -0.05) is 25.0 Å². The summed E-state index contributed by atoms with van der Waals surface area (Å²) in [5.74, 6) is -0.666. The molecule has 0 aromatic heterocycles. The molecule has 1 aliphatic carbocycles. The molecule has 2 nitrogen and oxygen atoms in total. The molecule has 0 aliphatic heterocycles. The van der Waals surface area contributed by atoms with Crippen molar-refractivity contribution in [2.24, 2.45) is 0 Å². The van der Waals surface area contributed by atoms with Gasteiger partial charge in [-0.25, -0.2) is 0 Å². The standard InChI is InChI=1S/C12H13IO2/c13-10-5-3-9(4-6-10)12(11(14)15)7-1-2-8-12/h3-6H,1-2,7-8H2,(H,14,15). The van der Waals surface area contributed by atoms with E-state index < -0.39 is 11.4 Å². The van der Waals surface area contributed by atoms with Crippen LogP contribution in [0.25, 0.3) is 0 Å². The molecule has 0 atom stereocenters. The zero-order valence-corrected chi connectivity index (χ0v) is 10.5. The topological polar surface area (TPSA) is 37.3 Å². The minimum absolute atomic E-state index is 0.607. The molecule has 2 rings (SSSR count). The molecule has 1 fully saturated rings. The average Bonchev–Trinajstić information content (AvgIpc) is 2.69. The van der Waals surface area contributed by atoms with E-state index in [9.17, 15) is 9.90 Å². The van der Waals surface area contributed by atoms with E-state index in [0.29, 0.717) is 0 Å². The van der Waals surface area contributed by atoms with Gasteiger partial charge < -0.3 is 5.11 Å². The summed E-state index contributed by atoms with van der Waals surface area (Å²) < 4.78 is 1.15. The van der Waals surface area contributed by atoms with Crippen LogP contribution in [-0.2, 0) is 10.2 Å². The van der Waals surface area contributed by atoms with Crippen LogP contribution in [0.5, 0.6) is 0 Å². The van der Waals surface area contributed by atoms with E-state index >= 15 is 0 Å². The minimum Gasteiger partial charge on any atom is -0.481 e. The predicted molar refractivity (Wildman–Crippen MR) is 66.9 cm³/mol. The number of aliphatic carboxylic acids is 1. The molecule has 80 valence electrons. The Hall–Kier alpha value is -0.580. The first-order valence-electron chi connectivity index (χ1n) is 5.15. The van der Waals surface area contributed by atoms with E-state index in [1.165, 1.54) is 0 Å². The van der Waals surface area contributed by atoms with Gasteiger partial charge >= 0.3 is 5.97 Å². The third-order valence-corrected chi connectivity index (χ3v) is 3.98. The lowest BCUT2D eigenvalue weighted by Crippen LogP contribution is -2.32. The first-order valence-corrected chi connectivity index (χ1v) is 6.22. The maximum Gasteiger partial charge on any atom is 0.314 e. The van der Waals surface area contributed by atoms with Crippen LogP contribution in [0.3, 0.4) is 0 Å². The van der Waals surface area contributed by atoms with Gasteiger partial charge in [0.25, 0.3) is 0 Å². The fourth-order valence-electron chi connectivity index (χ4n) is 2.37. The molecule has 0 heterocycles. The fraction of sp³-hybridized carbons (Fsp3) is 0.417. The highest BCUT2D eigenvalue weighted by atomic mass is 127. The van der Waals surface area contributed by atoms with Crippen molar-refractivity contribution in [1.82, 2.24) is 0 Å². The number of carboxylic acids is 1. The van der Waals surface area contributed by atoms with Crippen LogP contribution >= 0.6 is 22.6 Å². The molecule has 1 aliphatic rings. The monoisotopic (exact) mass is 316 g/mol. The normalized spacial score (nSPS) is 19.0. The van der Waals surface area contributed by atoms with Crippen LogP contribution in [0.2, 0.25) is 0 Å². The molecular weight excluding hydrogens is 303 g/mol. The van der Waals surface area contributed by atoms with E-state index in [0.717, 1.165) is 34.8 Å². The second kappa shape index (κ2) is 4.12. The summed E-state index contributed by atoms with van der Waals surface area (Å²) in [5.41, 5.74) is 0.359. The summed E-state index contributed by atoms with van der Waals surface area (Å²) in [6, 6.07) is 7.89. The Morgan fingerprint density at radius 3 is 2.20 bits per heavy atom. The van der Waals surface area contributed by atoms with E-state index in [-0.39, 0.29) is 0 Å². The minimum atomic E-state index is -0.666. The summed E-state index contributed by atoms with van der Waals surface area (Å²) in [4.78, 5) is 11.4. The van der Waals surface area contributed by atoms with Gasteiger partial charge in [0.1, 0.15) is 0 Å². The van der Waals surface area contributed by atoms with Crippen molar-refractivity contribution in [2.45, 2.75) is 31.1 Å². The molecule has 0 bridgehead atoms. The highest BCUT2D eigenvalue weighted by Gasteiger charge is 2.42. The van der Waals surface area contributed by atoms with Crippen molar-refractivity contribution in [3.05, 3.63) is 33.4 Å². The molecule has 3 heteroatoms. The van der Waals surface area contributed by atoms with Crippen LogP contribution in [0.15, 0.2) is 24.3 Å². The van der Waals surface area contributed by atoms with Crippen molar-refractivity contribution in [1.29, 1.82) is 0 Å². The number of benzene rings is 1. The molecule has 0 saturated heterocycles. The zero-order chi connectivity index (χ0) is 10.9. The van der Waals surface area contributed by atoms with Crippen LogP contribution in [-0.4, -0.2) is 11.1 Å². The molecule has 1 aromatic rings. The summed E-state index contributed by atoms with van der Waals surface area (Å²) in [6.07, 6.45) is 3.61. The molecule has 0 spiro atoms. The van der Waals surface area contributed by atoms with Gasteiger partial charge in [-0.15, -0.1) is 0 Å². The van der Waals surface area contributed by atoms with Gasteiger partial charge in [0.2, 0.25) is 0 Å². The summed E-state index contributed by atoms with van der Waals surface area (Å²) in [6.45, 7) is 0. The fourth-order valence-corrected chi connectivity index (χ4v) is 2.73. The largest absolute Gasteiger partial charge is 0.481 e. The quantitative estimate of drug-likeness (QED) is 0.851. The van der Waals surface area contributed by atoms with Crippen molar-refractivity contribution in [2.75, 3.05) is 0 Å². The zero-order valence-electron chi connectivity index (χ0n) is 8.37. The molecule has 15 heavy (non-hydrogen) atoms. The summed E-state index contributed by atoms with van der Waals surface area (Å²) >= 11 is 2.23. The SMILES string of the molecule is O=C(O)C1(c2ccc(I)cc2)CCCC1. The van der Waals surface area contributed by atoms with E-state index in [2.05, 4.69) is 22.6 Å². The Morgan fingerprint density at radius 1 is 1.20 bits per heavy atom. The Balaban J connectivity index is 2.41. The molecule has 1 saturated carbocycles. The van der Waals surface area contributed by atoms with Gasteiger partial charge in [-0.3, -0.25) is 4.79 Å². The van der Waals surface area contributed by atoms with Gasteiger partial charge in [-0.05, 0) is 53.1 Å². The first-order chi connectivity index (χ1) is 7.15. The van der Waals surface area contributed by atoms with Gasteiger partial charge in [-0.2, -0.15) is 0 Å². The Labute approximate surface area is 103 Å². The van der Waals surface area contributed by atoms with Gasteiger partial charge in [0.15, 0.2) is 0 Å². The lowest BCUT2D eigenvalue weighted by molar-refractivity contribution is -0.143. The smallest absolute Gasteiger partial charge is 0.314 e. The van der Waals surface area contributed by atoms with Crippen molar-refractivity contribution >= 4 is 28.6 Å². The van der Waals surface area contributed by atoms with E-state index in [1.807, 2.05) is 24.3 Å². The number of hydrogen-bond acceptors (Lipinski definition) is 1. The second-order valence-electron chi connectivity index (χ2n) is 4.10. The van der Waals surface area contributed by atoms with Crippen LogP contribution < -0.4 is 0 Å². The third-order valence-electron chi connectivity index (χ3n) is 3.26. The third kappa shape index (κ3) is 1.89. The van der Waals surface area contributed by atoms with Crippen LogP contribution in [0, 0.1) is 3.57 Å². The van der Waals surface area contributed by atoms with Crippen molar-refractivity contribution in [3.8, 4) is 0 Å². The molecule has 0 radical (unpaired) electrons. The summed E-state index contributed by atoms with van der Waals surface area (Å²) in [5, 5.41) is 9.38. The molecule has 0 amide bonds. The highest BCUT2D eigenvalue weighted by Crippen LogP contribution is 2.41. The number of rotatable bonds is 2. The molecule has 1 aromatic carbocycles. The predicted octanol–water partition coefficient (Wildman–Crippen LogP) is 3.19. The Bertz CT molecular complexity index is 364. The number of carboxylic acid groups (broad SMARTS) is 1. The molecule has 0 unspecified atom stereocenters. The maximum absolute atomic E-state index is 11.4. The maximum atomic E-state index is 11.4. The second-order valence-corrected chi connectivity index (χ2v) is 5.35. The average molecular weight is 316 g/mol. The molecule has 1 N–H and O–H groups in total.